The number of hydrogen-bond acceptors (Lipinski definition) is 2. The highest BCUT2D eigenvalue weighted by atomic mass is 35.5. The van der Waals surface area contributed by atoms with Crippen LogP contribution in [0, 0.1) is 0 Å². The molecule has 2 aromatic carbocycles. The van der Waals surface area contributed by atoms with Crippen LogP contribution < -0.4 is 5.73 Å². The van der Waals surface area contributed by atoms with Crippen molar-refractivity contribution >= 4 is 35.0 Å². The molecular formula is C17H19Cl2NS. The molecule has 0 spiro atoms. The summed E-state index contributed by atoms with van der Waals surface area (Å²) in [5, 5.41) is 1.56. The molecule has 0 saturated heterocycles. The number of nitrogens with two attached hydrogens (primary N) is 1. The van der Waals surface area contributed by atoms with E-state index in [1.165, 1.54) is 11.1 Å². The van der Waals surface area contributed by atoms with E-state index in [1.54, 1.807) is 11.8 Å². The quantitative estimate of drug-likeness (QED) is 0.696. The Labute approximate surface area is 140 Å². The van der Waals surface area contributed by atoms with Crippen molar-refractivity contribution in [2.45, 2.75) is 36.5 Å². The molecular weight excluding hydrogens is 321 g/mol. The van der Waals surface area contributed by atoms with Crippen LogP contribution in [0.3, 0.4) is 0 Å². The van der Waals surface area contributed by atoms with Crippen molar-refractivity contribution < 1.29 is 0 Å². The molecule has 2 rings (SSSR count). The lowest BCUT2D eigenvalue weighted by molar-refractivity contribution is 0.646. The lowest BCUT2D eigenvalue weighted by Gasteiger charge is -2.11. The summed E-state index contributed by atoms with van der Waals surface area (Å²) in [7, 11) is 0. The molecule has 0 amide bonds. The first-order chi connectivity index (χ1) is 10.1. The number of benzene rings is 2. The summed E-state index contributed by atoms with van der Waals surface area (Å²) in [5.41, 5.74) is 8.41. The second kappa shape index (κ2) is 8.09. The van der Waals surface area contributed by atoms with Gasteiger partial charge in [-0.25, -0.2) is 0 Å². The zero-order chi connectivity index (χ0) is 15.2. The van der Waals surface area contributed by atoms with Gasteiger partial charge in [-0.3, -0.25) is 0 Å². The summed E-state index contributed by atoms with van der Waals surface area (Å²) in [5.74, 6) is 0.880. The largest absolute Gasteiger partial charge is 0.327 e. The lowest BCUT2D eigenvalue weighted by Crippen LogP contribution is -2.21. The van der Waals surface area contributed by atoms with Crippen LogP contribution in [0.25, 0.3) is 0 Å². The maximum absolute atomic E-state index is 6.36. The SMILES string of the molecule is CCC(N)Cc1ccc(SCc2ccc(Cl)cc2)c(Cl)c1. The van der Waals surface area contributed by atoms with Gasteiger partial charge in [-0.05, 0) is 48.2 Å². The minimum Gasteiger partial charge on any atom is -0.327 e. The van der Waals surface area contributed by atoms with E-state index in [2.05, 4.69) is 19.1 Å². The molecule has 112 valence electrons. The van der Waals surface area contributed by atoms with Crippen LogP contribution in [-0.4, -0.2) is 6.04 Å². The van der Waals surface area contributed by atoms with Gasteiger partial charge in [-0.1, -0.05) is 48.3 Å². The highest BCUT2D eigenvalue weighted by Crippen LogP contribution is 2.31. The highest BCUT2D eigenvalue weighted by Gasteiger charge is 2.06. The van der Waals surface area contributed by atoms with Crippen molar-refractivity contribution in [2.75, 3.05) is 0 Å². The maximum atomic E-state index is 6.36. The normalized spacial score (nSPS) is 12.4. The molecule has 1 unspecified atom stereocenters. The first-order valence-electron chi connectivity index (χ1n) is 6.99. The van der Waals surface area contributed by atoms with E-state index in [1.807, 2.05) is 30.3 Å². The van der Waals surface area contributed by atoms with E-state index >= 15 is 0 Å². The van der Waals surface area contributed by atoms with E-state index in [0.717, 1.165) is 33.5 Å². The average molecular weight is 340 g/mol. The molecule has 21 heavy (non-hydrogen) atoms. The van der Waals surface area contributed by atoms with Gasteiger partial charge in [0.1, 0.15) is 0 Å². The Morgan fingerprint density at radius 1 is 1.05 bits per heavy atom. The maximum Gasteiger partial charge on any atom is 0.0544 e. The zero-order valence-electron chi connectivity index (χ0n) is 12.0. The summed E-state index contributed by atoms with van der Waals surface area (Å²) in [6.07, 6.45) is 1.85. The van der Waals surface area contributed by atoms with Gasteiger partial charge < -0.3 is 5.73 Å². The Morgan fingerprint density at radius 2 is 1.71 bits per heavy atom. The fourth-order valence-electron chi connectivity index (χ4n) is 1.98. The van der Waals surface area contributed by atoms with E-state index in [0.29, 0.717) is 0 Å². The van der Waals surface area contributed by atoms with Crippen LogP contribution in [0.2, 0.25) is 10.0 Å². The predicted octanol–water partition coefficient (Wildman–Crippen LogP) is 5.57. The molecule has 0 saturated carbocycles. The third kappa shape index (κ3) is 5.23. The Balaban J connectivity index is 1.99. The second-order valence-corrected chi connectivity index (χ2v) is 6.91. The van der Waals surface area contributed by atoms with Gasteiger partial charge in [0.15, 0.2) is 0 Å². The molecule has 1 nitrogen and oxygen atoms in total. The fourth-order valence-corrected chi connectivity index (χ4v) is 3.35. The third-order valence-corrected chi connectivity index (χ3v) is 5.15. The summed E-state index contributed by atoms with van der Waals surface area (Å²) in [4.78, 5) is 1.10. The topological polar surface area (TPSA) is 26.0 Å². The Bertz CT molecular complexity index is 584. The van der Waals surface area contributed by atoms with Crippen molar-refractivity contribution in [1.82, 2.24) is 0 Å². The van der Waals surface area contributed by atoms with E-state index < -0.39 is 0 Å². The van der Waals surface area contributed by atoms with Crippen LogP contribution in [0.15, 0.2) is 47.4 Å². The van der Waals surface area contributed by atoms with Gasteiger partial charge in [0.25, 0.3) is 0 Å². The van der Waals surface area contributed by atoms with Gasteiger partial charge in [0.05, 0.1) is 5.02 Å². The molecule has 0 heterocycles. The molecule has 2 N–H and O–H groups in total. The van der Waals surface area contributed by atoms with Crippen molar-refractivity contribution in [3.63, 3.8) is 0 Å². The molecule has 1 atom stereocenters. The van der Waals surface area contributed by atoms with Gasteiger partial charge >= 0.3 is 0 Å². The minimum absolute atomic E-state index is 0.202. The molecule has 0 bridgehead atoms. The summed E-state index contributed by atoms with van der Waals surface area (Å²) >= 11 is 14.0. The van der Waals surface area contributed by atoms with E-state index in [-0.39, 0.29) is 6.04 Å². The monoisotopic (exact) mass is 339 g/mol. The van der Waals surface area contributed by atoms with Gasteiger partial charge in [0, 0.05) is 21.7 Å². The molecule has 4 heteroatoms. The highest BCUT2D eigenvalue weighted by molar-refractivity contribution is 7.98. The molecule has 2 aromatic rings. The first-order valence-corrected chi connectivity index (χ1v) is 8.74. The second-order valence-electron chi connectivity index (χ2n) is 5.05. The van der Waals surface area contributed by atoms with Crippen molar-refractivity contribution in [3.05, 3.63) is 63.6 Å². The molecule has 0 aliphatic heterocycles. The number of hydrogen-bond donors (Lipinski definition) is 1. The molecule has 0 radical (unpaired) electrons. The average Bonchev–Trinajstić information content (AvgIpc) is 2.48. The van der Waals surface area contributed by atoms with Crippen molar-refractivity contribution in [3.8, 4) is 0 Å². The first kappa shape index (κ1) is 16.7. The van der Waals surface area contributed by atoms with Crippen LogP contribution in [-0.2, 0) is 12.2 Å². The summed E-state index contributed by atoms with van der Waals surface area (Å²) in [6.45, 7) is 2.10. The van der Waals surface area contributed by atoms with E-state index in [9.17, 15) is 0 Å². The molecule has 0 aliphatic carbocycles. The standard InChI is InChI=1S/C17H19Cl2NS/c1-2-15(20)9-13-5-8-17(16(19)10-13)21-11-12-3-6-14(18)7-4-12/h3-8,10,15H,2,9,11,20H2,1H3. The lowest BCUT2D eigenvalue weighted by atomic mass is 10.1. The minimum atomic E-state index is 0.202. The van der Waals surface area contributed by atoms with Crippen molar-refractivity contribution in [2.24, 2.45) is 5.73 Å². The van der Waals surface area contributed by atoms with Crippen molar-refractivity contribution in [1.29, 1.82) is 0 Å². The predicted molar refractivity (Wildman–Crippen MR) is 94.4 cm³/mol. The van der Waals surface area contributed by atoms with Gasteiger partial charge in [-0.15, -0.1) is 11.8 Å². The van der Waals surface area contributed by atoms with Crippen LogP contribution >= 0.6 is 35.0 Å². The summed E-state index contributed by atoms with van der Waals surface area (Å²) in [6, 6.07) is 14.3. The summed E-state index contributed by atoms with van der Waals surface area (Å²) < 4.78 is 0. The van der Waals surface area contributed by atoms with Gasteiger partial charge in [-0.2, -0.15) is 0 Å². The van der Waals surface area contributed by atoms with Crippen LogP contribution in [0.1, 0.15) is 24.5 Å². The molecule has 0 aromatic heterocycles. The number of halogens is 2. The van der Waals surface area contributed by atoms with Gasteiger partial charge in [0.2, 0.25) is 0 Å². The van der Waals surface area contributed by atoms with Crippen LogP contribution in [0.5, 0.6) is 0 Å². The third-order valence-electron chi connectivity index (χ3n) is 3.33. The Morgan fingerprint density at radius 3 is 2.33 bits per heavy atom. The fraction of sp³-hybridized carbons (Fsp3) is 0.294. The molecule has 0 aliphatic rings. The number of rotatable bonds is 6. The zero-order valence-corrected chi connectivity index (χ0v) is 14.3. The smallest absolute Gasteiger partial charge is 0.0544 e. The Kier molecular flexibility index (Phi) is 6.43. The molecule has 0 fully saturated rings. The Hall–Kier alpha value is -0.670. The number of thioether (sulfide) groups is 1. The van der Waals surface area contributed by atoms with Crippen LogP contribution in [0.4, 0.5) is 0 Å². The van der Waals surface area contributed by atoms with E-state index in [4.69, 9.17) is 28.9 Å².